The molecule has 140 valence electrons. The first kappa shape index (κ1) is 19.0. The highest BCUT2D eigenvalue weighted by Crippen LogP contribution is 2.29. The zero-order valence-electron chi connectivity index (χ0n) is 15.2. The third kappa shape index (κ3) is 5.61. The van der Waals surface area contributed by atoms with Crippen LogP contribution >= 0.6 is 0 Å². The number of hydrogen-bond donors (Lipinski definition) is 1. The average molecular weight is 358 g/mol. The Morgan fingerprint density at radius 2 is 1.15 bits per heavy atom. The summed E-state index contributed by atoms with van der Waals surface area (Å²) in [5.41, 5.74) is 8.01. The Morgan fingerprint density at radius 3 is 1.58 bits per heavy atom. The number of rotatable bonds is 7. The molecule has 0 saturated heterocycles. The van der Waals surface area contributed by atoms with Gasteiger partial charge in [0.25, 0.3) is 0 Å². The fourth-order valence-electron chi connectivity index (χ4n) is 3.90. The molecule has 0 unspecified atom stereocenters. The Bertz CT molecular complexity index is 614. The van der Waals surface area contributed by atoms with Gasteiger partial charge in [0.2, 0.25) is 0 Å². The molecule has 1 saturated carbocycles. The Kier molecular flexibility index (Phi) is 6.75. The van der Waals surface area contributed by atoms with E-state index in [9.17, 15) is 8.78 Å². The van der Waals surface area contributed by atoms with Gasteiger partial charge in [-0.2, -0.15) is 0 Å². The van der Waals surface area contributed by atoms with Crippen molar-refractivity contribution >= 4 is 0 Å². The summed E-state index contributed by atoms with van der Waals surface area (Å²) in [6, 6.07) is 13.4. The number of halogens is 2. The monoisotopic (exact) mass is 358 g/mol. The van der Waals surface area contributed by atoms with E-state index >= 15 is 0 Å². The van der Waals surface area contributed by atoms with Crippen LogP contribution in [-0.4, -0.2) is 18.0 Å². The number of hydrogen-bond acceptors (Lipinski definition) is 2. The maximum Gasteiger partial charge on any atom is 0.123 e. The first-order chi connectivity index (χ1) is 12.6. The van der Waals surface area contributed by atoms with Gasteiger partial charge in [-0.25, -0.2) is 8.78 Å². The molecule has 0 aliphatic heterocycles. The third-order valence-corrected chi connectivity index (χ3v) is 5.45. The van der Waals surface area contributed by atoms with Crippen molar-refractivity contribution in [3.8, 4) is 0 Å². The molecule has 0 heterocycles. The van der Waals surface area contributed by atoms with Gasteiger partial charge in [-0.1, -0.05) is 24.3 Å². The van der Waals surface area contributed by atoms with Crippen molar-refractivity contribution in [2.75, 3.05) is 13.1 Å². The molecule has 0 radical (unpaired) electrons. The SMILES string of the molecule is NCC1CCC(CN(Cc2ccc(F)cc2)Cc2ccc(F)cc2)CC1. The maximum absolute atomic E-state index is 13.2. The third-order valence-electron chi connectivity index (χ3n) is 5.45. The lowest BCUT2D eigenvalue weighted by Gasteiger charge is -2.32. The molecule has 2 nitrogen and oxygen atoms in total. The van der Waals surface area contributed by atoms with Gasteiger partial charge in [-0.15, -0.1) is 0 Å². The fourth-order valence-corrected chi connectivity index (χ4v) is 3.90. The highest BCUT2D eigenvalue weighted by Gasteiger charge is 2.22. The molecule has 1 aliphatic carbocycles. The van der Waals surface area contributed by atoms with Crippen molar-refractivity contribution in [3.05, 3.63) is 71.3 Å². The van der Waals surface area contributed by atoms with E-state index < -0.39 is 0 Å². The van der Waals surface area contributed by atoms with E-state index in [1.807, 2.05) is 24.3 Å². The van der Waals surface area contributed by atoms with Crippen LogP contribution < -0.4 is 5.73 Å². The standard InChI is InChI=1S/C22H28F2N2/c23-21-9-5-19(6-10-21)15-26(16-20-7-11-22(24)12-8-20)14-18-3-1-17(13-25)2-4-18/h5-12,17-18H,1-4,13-16,25H2. The average Bonchev–Trinajstić information content (AvgIpc) is 2.66. The van der Waals surface area contributed by atoms with Crippen LogP contribution in [0.5, 0.6) is 0 Å². The Hall–Kier alpha value is -1.78. The lowest BCUT2D eigenvalue weighted by Crippen LogP contribution is -2.32. The molecule has 0 bridgehead atoms. The quantitative estimate of drug-likeness (QED) is 0.775. The molecule has 0 amide bonds. The topological polar surface area (TPSA) is 29.3 Å². The van der Waals surface area contributed by atoms with E-state index in [-0.39, 0.29) is 11.6 Å². The zero-order valence-corrected chi connectivity index (χ0v) is 15.2. The summed E-state index contributed by atoms with van der Waals surface area (Å²) >= 11 is 0. The lowest BCUT2D eigenvalue weighted by atomic mass is 9.82. The van der Waals surface area contributed by atoms with Gasteiger partial charge in [0.05, 0.1) is 0 Å². The number of benzene rings is 2. The van der Waals surface area contributed by atoms with Crippen LogP contribution in [0.1, 0.15) is 36.8 Å². The van der Waals surface area contributed by atoms with Crippen LogP contribution in [0, 0.1) is 23.5 Å². The van der Waals surface area contributed by atoms with Crippen molar-refractivity contribution in [1.82, 2.24) is 4.90 Å². The van der Waals surface area contributed by atoms with Crippen molar-refractivity contribution in [2.45, 2.75) is 38.8 Å². The molecule has 0 aromatic heterocycles. The molecule has 0 atom stereocenters. The van der Waals surface area contributed by atoms with E-state index in [0.29, 0.717) is 11.8 Å². The van der Waals surface area contributed by atoms with E-state index in [2.05, 4.69) is 4.90 Å². The van der Waals surface area contributed by atoms with Crippen molar-refractivity contribution < 1.29 is 8.78 Å². The zero-order chi connectivity index (χ0) is 18.4. The minimum atomic E-state index is -0.209. The first-order valence-corrected chi connectivity index (χ1v) is 9.53. The Morgan fingerprint density at radius 1 is 0.731 bits per heavy atom. The normalized spacial score (nSPS) is 20.5. The molecule has 1 fully saturated rings. The second kappa shape index (κ2) is 9.24. The summed E-state index contributed by atoms with van der Waals surface area (Å²) in [7, 11) is 0. The smallest absolute Gasteiger partial charge is 0.123 e. The van der Waals surface area contributed by atoms with Gasteiger partial charge < -0.3 is 5.73 Å². The molecule has 1 aliphatic rings. The van der Waals surface area contributed by atoms with Crippen molar-refractivity contribution in [2.24, 2.45) is 17.6 Å². The van der Waals surface area contributed by atoms with Crippen LogP contribution in [-0.2, 0) is 13.1 Å². The van der Waals surface area contributed by atoms with Crippen molar-refractivity contribution in [3.63, 3.8) is 0 Å². The van der Waals surface area contributed by atoms with E-state index in [1.165, 1.54) is 49.9 Å². The summed E-state index contributed by atoms with van der Waals surface area (Å²) in [5, 5.41) is 0. The van der Waals surface area contributed by atoms with Crippen molar-refractivity contribution in [1.29, 1.82) is 0 Å². The van der Waals surface area contributed by atoms with Gasteiger partial charge in [-0.05, 0) is 79.5 Å². The Labute approximate surface area is 155 Å². The van der Waals surface area contributed by atoms with Gasteiger partial charge in [0, 0.05) is 19.6 Å². The van der Waals surface area contributed by atoms with E-state index in [0.717, 1.165) is 37.3 Å². The fraction of sp³-hybridized carbons (Fsp3) is 0.455. The van der Waals surface area contributed by atoms with Gasteiger partial charge in [-0.3, -0.25) is 4.90 Å². The van der Waals surface area contributed by atoms with Gasteiger partial charge in [0.15, 0.2) is 0 Å². The molecular formula is C22H28F2N2. The molecular weight excluding hydrogens is 330 g/mol. The predicted octanol–water partition coefficient (Wildman–Crippen LogP) is 4.73. The Balaban J connectivity index is 1.66. The lowest BCUT2D eigenvalue weighted by molar-refractivity contribution is 0.170. The number of nitrogens with two attached hydrogens (primary N) is 1. The minimum absolute atomic E-state index is 0.209. The van der Waals surface area contributed by atoms with Crippen LogP contribution in [0.2, 0.25) is 0 Å². The highest BCUT2D eigenvalue weighted by molar-refractivity contribution is 5.18. The molecule has 26 heavy (non-hydrogen) atoms. The second-order valence-electron chi connectivity index (χ2n) is 7.55. The molecule has 2 aromatic rings. The first-order valence-electron chi connectivity index (χ1n) is 9.53. The van der Waals surface area contributed by atoms with Crippen LogP contribution in [0.4, 0.5) is 8.78 Å². The van der Waals surface area contributed by atoms with E-state index in [1.54, 1.807) is 0 Å². The second-order valence-corrected chi connectivity index (χ2v) is 7.55. The molecule has 3 rings (SSSR count). The summed E-state index contributed by atoms with van der Waals surface area (Å²) < 4.78 is 26.4. The van der Waals surface area contributed by atoms with Gasteiger partial charge in [0.1, 0.15) is 11.6 Å². The van der Waals surface area contributed by atoms with Crippen LogP contribution in [0.25, 0.3) is 0 Å². The molecule has 2 aromatic carbocycles. The maximum atomic E-state index is 13.2. The largest absolute Gasteiger partial charge is 0.330 e. The van der Waals surface area contributed by atoms with Gasteiger partial charge >= 0.3 is 0 Å². The minimum Gasteiger partial charge on any atom is -0.330 e. The summed E-state index contributed by atoms with van der Waals surface area (Å²) in [6.07, 6.45) is 4.85. The predicted molar refractivity (Wildman–Crippen MR) is 101 cm³/mol. The van der Waals surface area contributed by atoms with Crippen LogP contribution in [0.15, 0.2) is 48.5 Å². The summed E-state index contributed by atoms with van der Waals surface area (Å²) in [6.45, 7) is 3.34. The summed E-state index contributed by atoms with van der Waals surface area (Å²) in [4.78, 5) is 2.40. The summed E-state index contributed by atoms with van der Waals surface area (Å²) in [5.74, 6) is 0.922. The molecule has 4 heteroatoms. The number of nitrogens with zero attached hydrogens (tertiary/aromatic N) is 1. The van der Waals surface area contributed by atoms with E-state index in [4.69, 9.17) is 5.73 Å². The van der Waals surface area contributed by atoms with Crippen LogP contribution in [0.3, 0.4) is 0 Å². The molecule has 2 N–H and O–H groups in total. The molecule has 0 spiro atoms. The highest BCUT2D eigenvalue weighted by atomic mass is 19.1.